The predicted octanol–water partition coefficient (Wildman–Crippen LogP) is 3.36. The van der Waals surface area contributed by atoms with Gasteiger partial charge in [-0.25, -0.2) is 0 Å². The minimum Gasteiger partial charge on any atom is -0.506 e. The highest BCUT2D eigenvalue weighted by Crippen LogP contribution is 2.34. The lowest BCUT2D eigenvalue weighted by Crippen LogP contribution is -2.19. The van der Waals surface area contributed by atoms with E-state index in [9.17, 15) is 9.90 Å². The van der Waals surface area contributed by atoms with Crippen LogP contribution in [0.4, 0.5) is 0 Å². The lowest BCUT2D eigenvalue weighted by atomic mass is 10.1. The first-order valence-electron chi connectivity index (χ1n) is 8.48. The van der Waals surface area contributed by atoms with E-state index in [0.29, 0.717) is 28.8 Å². The number of aromatic hydroxyl groups is 1. The van der Waals surface area contributed by atoms with Crippen molar-refractivity contribution in [2.45, 2.75) is 6.92 Å². The average molecular weight is 363 g/mol. The third-order valence-corrected chi connectivity index (χ3v) is 4.34. The van der Waals surface area contributed by atoms with E-state index in [-0.39, 0.29) is 23.0 Å². The number of hydrogen-bond donors (Lipinski definition) is 1. The summed E-state index contributed by atoms with van der Waals surface area (Å²) in [5, 5.41) is 15.2. The summed E-state index contributed by atoms with van der Waals surface area (Å²) in [6.45, 7) is 2.38. The van der Waals surface area contributed by atoms with Crippen molar-refractivity contribution in [3.8, 4) is 34.3 Å². The number of para-hydroxylation sites is 2. The standard InChI is InChI=1S/C20H17N3O4/c1-3-26-15-11-7-5-9-13(15)18-21-19(27-22-18)16-17(24)12-8-4-6-10-14(12)23(2)20(16)25/h4-11,24H,3H2,1-2H3. The maximum absolute atomic E-state index is 12.8. The molecule has 2 aromatic carbocycles. The molecular formula is C20H17N3O4. The van der Waals surface area contributed by atoms with Crippen LogP contribution in [0, 0.1) is 0 Å². The van der Waals surface area contributed by atoms with E-state index in [1.807, 2.05) is 19.1 Å². The fourth-order valence-electron chi connectivity index (χ4n) is 3.04. The molecule has 4 rings (SSSR count). The van der Waals surface area contributed by atoms with Crippen molar-refractivity contribution in [3.05, 3.63) is 58.9 Å². The fraction of sp³-hybridized carbons (Fsp3) is 0.150. The molecule has 2 aromatic heterocycles. The van der Waals surface area contributed by atoms with Crippen LogP contribution in [-0.4, -0.2) is 26.4 Å². The number of nitrogens with zero attached hydrogens (tertiary/aromatic N) is 3. The van der Waals surface area contributed by atoms with Crippen LogP contribution in [-0.2, 0) is 7.05 Å². The fourth-order valence-corrected chi connectivity index (χ4v) is 3.04. The molecule has 0 atom stereocenters. The first-order valence-corrected chi connectivity index (χ1v) is 8.48. The zero-order valence-electron chi connectivity index (χ0n) is 14.8. The number of fused-ring (bicyclic) bond motifs is 1. The van der Waals surface area contributed by atoms with Gasteiger partial charge in [-0.2, -0.15) is 4.98 Å². The Morgan fingerprint density at radius 2 is 1.89 bits per heavy atom. The van der Waals surface area contributed by atoms with Crippen LogP contribution >= 0.6 is 0 Å². The number of ether oxygens (including phenoxy) is 1. The van der Waals surface area contributed by atoms with Gasteiger partial charge in [0.1, 0.15) is 17.1 Å². The van der Waals surface area contributed by atoms with Crippen molar-refractivity contribution in [2.75, 3.05) is 6.61 Å². The maximum Gasteiger partial charge on any atom is 0.267 e. The van der Waals surface area contributed by atoms with Crippen molar-refractivity contribution in [1.82, 2.24) is 14.7 Å². The van der Waals surface area contributed by atoms with Crippen LogP contribution in [0.2, 0.25) is 0 Å². The molecule has 1 N–H and O–H groups in total. The summed E-state index contributed by atoms with van der Waals surface area (Å²) in [4.78, 5) is 17.1. The average Bonchev–Trinajstić information content (AvgIpc) is 3.17. The normalized spacial score (nSPS) is 11.0. The molecular weight excluding hydrogens is 346 g/mol. The Labute approximate surface area is 154 Å². The highest BCUT2D eigenvalue weighted by Gasteiger charge is 2.22. The molecule has 0 saturated carbocycles. The van der Waals surface area contributed by atoms with E-state index in [2.05, 4.69) is 10.1 Å². The summed E-state index contributed by atoms with van der Waals surface area (Å²) in [5.41, 5.74) is 0.819. The Kier molecular flexibility index (Phi) is 4.12. The predicted molar refractivity (Wildman–Crippen MR) is 101 cm³/mol. The van der Waals surface area contributed by atoms with Gasteiger partial charge in [0, 0.05) is 12.4 Å². The number of rotatable bonds is 4. The van der Waals surface area contributed by atoms with Crippen molar-refractivity contribution in [3.63, 3.8) is 0 Å². The molecule has 0 bridgehead atoms. The third kappa shape index (κ3) is 2.73. The molecule has 0 saturated heterocycles. The molecule has 0 unspecified atom stereocenters. The van der Waals surface area contributed by atoms with Crippen LogP contribution in [0.1, 0.15) is 6.92 Å². The van der Waals surface area contributed by atoms with Gasteiger partial charge < -0.3 is 18.9 Å². The Hall–Kier alpha value is -3.61. The minimum absolute atomic E-state index is 0.0242. The van der Waals surface area contributed by atoms with Gasteiger partial charge in [-0.05, 0) is 31.2 Å². The van der Waals surface area contributed by atoms with Gasteiger partial charge in [0.25, 0.3) is 11.4 Å². The second-order valence-corrected chi connectivity index (χ2v) is 5.96. The molecule has 0 aliphatic rings. The Bertz CT molecular complexity index is 1190. The van der Waals surface area contributed by atoms with Crippen LogP contribution in [0.3, 0.4) is 0 Å². The number of benzene rings is 2. The molecule has 136 valence electrons. The van der Waals surface area contributed by atoms with Crippen LogP contribution in [0.15, 0.2) is 57.8 Å². The zero-order chi connectivity index (χ0) is 19.0. The third-order valence-electron chi connectivity index (χ3n) is 4.34. The van der Waals surface area contributed by atoms with E-state index in [1.165, 1.54) is 4.57 Å². The summed E-state index contributed by atoms with van der Waals surface area (Å²) < 4.78 is 12.4. The molecule has 0 spiro atoms. The monoisotopic (exact) mass is 363 g/mol. The van der Waals surface area contributed by atoms with E-state index in [1.54, 1.807) is 43.4 Å². The zero-order valence-corrected chi connectivity index (χ0v) is 14.8. The van der Waals surface area contributed by atoms with Gasteiger partial charge in [-0.1, -0.05) is 29.4 Å². The number of aromatic nitrogens is 3. The summed E-state index contributed by atoms with van der Waals surface area (Å²) >= 11 is 0. The van der Waals surface area contributed by atoms with Crippen molar-refractivity contribution in [2.24, 2.45) is 7.05 Å². The lowest BCUT2D eigenvalue weighted by molar-refractivity contribution is 0.341. The lowest BCUT2D eigenvalue weighted by Gasteiger charge is -2.09. The molecule has 0 fully saturated rings. The van der Waals surface area contributed by atoms with Crippen molar-refractivity contribution in [1.29, 1.82) is 0 Å². The number of pyridine rings is 1. The molecule has 0 radical (unpaired) electrons. The Morgan fingerprint density at radius 1 is 1.15 bits per heavy atom. The second-order valence-electron chi connectivity index (χ2n) is 5.96. The van der Waals surface area contributed by atoms with Gasteiger partial charge in [0.15, 0.2) is 0 Å². The van der Waals surface area contributed by atoms with Gasteiger partial charge in [-0.15, -0.1) is 0 Å². The van der Waals surface area contributed by atoms with Gasteiger partial charge in [0.2, 0.25) is 5.82 Å². The first-order chi connectivity index (χ1) is 13.1. The maximum atomic E-state index is 12.8. The molecule has 7 heteroatoms. The number of aryl methyl sites for hydroxylation is 1. The molecule has 27 heavy (non-hydrogen) atoms. The summed E-state index contributed by atoms with van der Waals surface area (Å²) in [6.07, 6.45) is 0. The second kappa shape index (κ2) is 6.60. The Morgan fingerprint density at radius 3 is 2.70 bits per heavy atom. The van der Waals surface area contributed by atoms with E-state index in [0.717, 1.165) is 0 Å². The van der Waals surface area contributed by atoms with Crippen LogP contribution in [0.25, 0.3) is 33.7 Å². The largest absolute Gasteiger partial charge is 0.506 e. The molecule has 4 aromatic rings. The van der Waals surface area contributed by atoms with Crippen molar-refractivity contribution < 1.29 is 14.4 Å². The van der Waals surface area contributed by atoms with Gasteiger partial charge in [-0.3, -0.25) is 4.79 Å². The molecule has 0 amide bonds. The quantitative estimate of drug-likeness (QED) is 0.598. The summed E-state index contributed by atoms with van der Waals surface area (Å²) in [6, 6.07) is 14.4. The minimum atomic E-state index is -0.417. The highest BCUT2D eigenvalue weighted by molar-refractivity contribution is 5.90. The first kappa shape index (κ1) is 16.8. The van der Waals surface area contributed by atoms with E-state index in [4.69, 9.17) is 9.26 Å². The van der Waals surface area contributed by atoms with Gasteiger partial charge in [0.05, 0.1) is 17.7 Å². The van der Waals surface area contributed by atoms with Gasteiger partial charge >= 0.3 is 0 Å². The van der Waals surface area contributed by atoms with E-state index < -0.39 is 5.56 Å². The van der Waals surface area contributed by atoms with E-state index >= 15 is 0 Å². The topological polar surface area (TPSA) is 90.4 Å². The SMILES string of the molecule is CCOc1ccccc1-c1noc(-c2c(O)c3ccccc3n(C)c2=O)n1. The Balaban J connectivity index is 1.89. The molecule has 0 aliphatic heterocycles. The summed E-state index contributed by atoms with van der Waals surface area (Å²) in [7, 11) is 1.63. The highest BCUT2D eigenvalue weighted by atomic mass is 16.5. The smallest absolute Gasteiger partial charge is 0.267 e. The van der Waals surface area contributed by atoms with Crippen LogP contribution < -0.4 is 10.3 Å². The molecule has 2 heterocycles. The molecule has 7 nitrogen and oxygen atoms in total. The van der Waals surface area contributed by atoms with Crippen LogP contribution in [0.5, 0.6) is 11.5 Å². The van der Waals surface area contributed by atoms with Crippen molar-refractivity contribution >= 4 is 10.9 Å². The summed E-state index contributed by atoms with van der Waals surface area (Å²) in [5.74, 6) is 0.675. The molecule has 0 aliphatic carbocycles. The number of hydrogen-bond acceptors (Lipinski definition) is 6.